The maximum absolute atomic E-state index is 14.6. The number of hydrogen-bond donors (Lipinski definition) is 2. The third kappa shape index (κ3) is 4.65. The van der Waals surface area contributed by atoms with E-state index in [0.29, 0.717) is 37.1 Å². The third-order valence-electron chi connectivity index (χ3n) is 5.35. The first-order valence-electron chi connectivity index (χ1n) is 10.2. The standard InChI is InChI=1S/C22H25F2N7/c1-15-26-9-11-31(15)20-6-5-16(12-19(20)24)13-28-22(25-2)29-17-7-10-30(14-17)21-18(23)4-3-8-27-21/h3-6,8-9,11-12,17H,7,10,13-14H2,1-2H3,(H2,25,28,29). The summed E-state index contributed by atoms with van der Waals surface area (Å²) in [5.74, 6) is 1.08. The zero-order chi connectivity index (χ0) is 21.8. The SMILES string of the molecule is CN=C(NCc1ccc(-n2ccnc2C)c(F)c1)NC1CCN(c2ncccc2F)C1. The fourth-order valence-corrected chi connectivity index (χ4v) is 3.74. The van der Waals surface area contributed by atoms with Gasteiger partial charge in [0.05, 0.1) is 5.69 Å². The molecule has 1 fully saturated rings. The van der Waals surface area contributed by atoms with Gasteiger partial charge >= 0.3 is 0 Å². The number of guanidine groups is 1. The van der Waals surface area contributed by atoms with E-state index in [1.807, 2.05) is 17.9 Å². The quantitative estimate of drug-likeness (QED) is 0.486. The lowest BCUT2D eigenvalue weighted by Gasteiger charge is -2.20. The predicted octanol–water partition coefficient (Wildman–Crippen LogP) is 2.80. The molecule has 2 N–H and O–H groups in total. The van der Waals surface area contributed by atoms with Crippen LogP contribution in [-0.4, -0.2) is 46.7 Å². The first kappa shape index (κ1) is 20.8. The van der Waals surface area contributed by atoms with E-state index >= 15 is 0 Å². The van der Waals surface area contributed by atoms with Crippen LogP contribution in [0.4, 0.5) is 14.6 Å². The highest BCUT2D eigenvalue weighted by atomic mass is 19.1. The summed E-state index contributed by atoms with van der Waals surface area (Å²) in [6.07, 6.45) is 5.81. The predicted molar refractivity (Wildman–Crippen MR) is 116 cm³/mol. The minimum Gasteiger partial charge on any atom is -0.352 e. The van der Waals surface area contributed by atoms with Crippen molar-refractivity contribution in [3.05, 3.63) is 71.9 Å². The Morgan fingerprint density at radius 2 is 2.06 bits per heavy atom. The van der Waals surface area contributed by atoms with Gasteiger partial charge in [0.15, 0.2) is 17.6 Å². The highest BCUT2D eigenvalue weighted by Crippen LogP contribution is 2.21. The number of anilines is 1. The van der Waals surface area contributed by atoms with Gasteiger partial charge in [0, 0.05) is 51.3 Å². The monoisotopic (exact) mass is 425 g/mol. The zero-order valence-electron chi connectivity index (χ0n) is 17.5. The summed E-state index contributed by atoms with van der Waals surface area (Å²) in [4.78, 5) is 14.5. The van der Waals surface area contributed by atoms with Crippen LogP contribution in [0.15, 0.2) is 53.9 Å². The van der Waals surface area contributed by atoms with E-state index in [4.69, 9.17) is 0 Å². The van der Waals surface area contributed by atoms with Crippen molar-refractivity contribution < 1.29 is 8.78 Å². The van der Waals surface area contributed by atoms with Gasteiger partial charge in [-0.3, -0.25) is 4.99 Å². The van der Waals surface area contributed by atoms with E-state index in [2.05, 4.69) is 25.6 Å². The van der Waals surface area contributed by atoms with Crippen LogP contribution >= 0.6 is 0 Å². The molecule has 7 nitrogen and oxygen atoms in total. The molecule has 0 saturated carbocycles. The van der Waals surface area contributed by atoms with E-state index < -0.39 is 0 Å². The van der Waals surface area contributed by atoms with Crippen LogP contribution in [0.25, 0.3) is 5.69 Å². The van der Waals surface area contributed by atoms with E-state index in [9.17, 15) is 8.78 Å². The highest BCUT2D eigenvalue weighted by molar-refractivity contribution is 5.80. The summed E-state index contributed by atoms with van der Waals surface area (Å²) in [5.41, 5.74) is 1.26. The Balaban J connectivity index is 1.34. The normalized spacial score (nSPS) is 16.6. The number of nitrogens with one attached hydrogen (secondary N) is 2. The van der Waals surface area contributed by atoms with Crippen LogP contribution in [0.2, 0.25) is 0 Å². The van der Waals surface area contributed by atoms with E-state index in [1.54, 1.807) is 42.3 Å². The molecule has 162 valence electrons. The molecule has 0 spiro atoms. The van der Waals surface area contributed by atoms with E-state index in [-0.39, 0.29) is 17.7 Å². The second-order valence-corrected chi connectivity index (χ2v) is 7.44. The maximum Gasteiger partial charge on any atom is 0.191 e. The molecule has 3 aromatic rings. The number of benzene rings is 1. The highest BCUT2D eigenvalue weighted by Gasteiger charge is 2.25. The molecule has 4 rings (SSSR count). The van der Waals surface area contributed by atoms with Gasteiger partial charge in [-0.15, -0.1) is 0 Å². The molecule has 0 bridgehead atoms. The first-order valence-corrected chi connectivity index (χ1v) is 10.2. The maximum atomic E-state index is 14.6. The summed E-state index contributed by atoms with van der Waals surface area (Å²) in [6, 6.07) is 8.24. The van der Waals surface area contributed by atoms with Crippen molar-refractivity contribution in [2.75, 3.05) is 25.0 Å². The van der Waals surface area contributed by atoms with Gasteiger partial charge in [0.25, 0.3) is 0 Å². The molecule has 1 aliphatic heterocycles. The van der Waals surface area contributed by atoms with Crippen molar-refractivity contribution in [3.8, 4) is 5.69 Å². The Bertz CT molecular complexity index is 1080. The fraction of sp³-hybridized carbons (Fsp3) is 0.318. The molecule has 1 unspecified atom stereocenters. The van der Waals surface area contributed by atoms with Crippen molar-refractivity contribution in [2.45, 2.75) is 25.9 Å². The van der Waals surface area contributed by atoms with Crippen LogP contribution in [0, 0.1) is 18.6 Å². The minimum absolute atomic E-state index is 0.107. The number of hydrogen-bond acceptors (Lipinski definition) is 4. The molecule has 2 aromatic heterocycles. The van der Waals surface area contributed by atoms with E-state index in [0.717, 1.165) is 17.8 Å². The molecular formula is C22H25F2N7. The van der Waals surface area contributed by atoms with Gasteiger partial charge in [0.1, 0.15) is 11.6 Å². The first-order chi connectivity index (χ1) is 15.0. The van der Waals surface area contributed by atoms with Crippen LogP contribution < -0.4 is 15.5 Å². The van der Waals surface area contributed by atoms with Crippen molar-refractivity contribution in [3.63, 3.8) is 0 Å². The zero-order valence-corrected chi connectivity index (χ0v) is 17.5. The molecule has 1 aliphatic rings. The number of aromatic nitrogens is 3. The van der Waals surface area contributed by atoms with Gasteiger partial charge in [-0.2, -0.15) is 0 Å². The number of rotatable bonds is 5. The summed E-state index contributed by atoms with van der Waals surface area (Å²) in [7, 11) is 1.69. The lowest BCUT2D eigenvalue weighted by molar-refractivity contribution is 0.610. The topological polar surface area (TPSA) is 70.4 Å². The Hall–Kier alpha value is -3.49. The Kier molecular flexibility index (Phi) is 6.11. The molecule has 0 aliphatic carbocycles. The summed E-state index contributed by atoms with van der Waals surface area (Å²) in [5, 5.41) is 6.57. The second-order valence-electron chi connectivity index (χ2n) is 7.44. The van der Waals surface area contributed by atoms with Crippen molar-refractivity contribution in [1.82, 2.24) is 25.2 Å². The molecule has 1 aromatic carbocycles. The molecule has 31 heavy (non-hydrogen) atoms. The number of nitrogens with zero attached hydrogens (tertiary/aromatic N) is 5. The van der Waals surface area contributed by atoms with Crippen LogP contribution in [-0.2, 0) is 6.54 Å². The third-order valence-corrected chi connectivity index (χ3v) is 5.35. The number of imidazole rings is 1. The number of aliphatic imine (C=N–C) groups is 1. The number of pyridine rings is 1. The smallest absolute Gasteiger partial charge is 0.191 e. The van der Waals surface area contributed by atoms with Gasteiger partial charge in [-0.05, 0) is 43.2 Å². The molecular weight excluding hydrogens is 400 g/mol. The lowest BCUT2D eigenvalue weighted by Crippen LogP contribution is -2.44. The Labute approximate surface area is 179 Å². The van der Waals surface area contributed by atoms with Crippen LogP contribution in [0.1, 0.15) is 17.8 Å². The molecule has 3 heterocycles. The van der Waals surface area contributed by atoms with Crippen LogP contribution in [0.3, 0.4) is 0 Å². The second kappa shape index (κ2) is 9.11. The Morgan fingerprint density at radius 3 is 2.77 bits per heavy atom. The average molecular weight is 425 g/mol. The molecule has 1 saturated heterocycles. The molecule has 1 atom stereocenters. The van der Waals surface area contributed by atoms with Gasteiger partial charge in [-0.25, -0.2) is 18.7 Å². The average Bonchev–Trinajstić information content (AvgIpc) is 3.40. The number of aryl methyl sites for hydroxylation is 1. The van der Waals surface area contributed by atoms with Gasteiger partial charge < -0.3 is 20.1 Å². The molecule has 0 amide bonds. The largest absolute Gasteiger partial charge is 0.352 e. The lowest BCUT2D eigenvalue weighted by atomic mass is 10.2. The van der Waals surface area contributed by atoms with Gasteiger partial charge in [0.2, 0.25) is 0 Å². The van der Waals surface area contributed by atoms with Gasteiger partial charge in [-0.1, -0.05) is 6.07 Å². The van der Waals surface area contributed by atoms with Crippen LogP contribution in [0.5, 0.6) is 0 Å². The Morgan fingerprint density at radius 1 is 1.19 bits per heavy atom. The summed E-state index contributed by atoms with van der Waals surface area (Å²) >= 11 is 0. The van der Waals surface area contributed by atoms with Crippen molar-refractivity contribution in [1.29, 1.82) is 0 Å². The number of halogens is 2. The summed E-state index contributed by atoms with van der Waals surface area (Å²) in [6.45, 7) is 3.59. The van der Waals surface area contributed by atoms with Crippen molar-refractivity contribution >= 4 is 11.8 Å². The fourth-order valence-electron chi connectivity index (χ4n) is 3.74. The minimum atomic E-state index is -0.318. The van der Waals surface area contributed by atoms with Crippen molar-refractivity contribution in [2.24, 2.45) is 4.99 Å². The molecule has 0 radical (unpaired) electrons. The summed E-state index contributed by atoms with van der Waals surface area (Å²) < 4.78 is 30.3. The molecule has 9 heteroatoms. The van der Waals surface area contributed by atoms with E-state index in [1.165, 1.54) is 12.1 Å².